The first-order valence-corrected chi connectivity index (χ1v) is 7.82. The molecule has 0 unspecified atom stereocenters. The van der Waals surface area contributed by atoms with E-state index in [-0.39, 0.29) is 6.04 Å². The summed E-state index contributed by atoms with van der Waals surface area (Å²) in [4.78, 5) is 5.64. The molecule has 21 heavy (non-hydrogen) atoms. The first kappa shape index (κ1) is 15.8. The molecule has 1 N–H and O–H groups in total. The number of aryl methyl sites for hydroxylation is 1. The largest absolute Gasteiger partial charge is 0.497 e. The van der Waals surface area contributed by atoms with Gasteiger partial charge in [-0.05, 0) is 19.9 Å². The molecule has 0 saturated carbocycles. The van der Waals surface area contributed by atoms with Crippen LogP contribution in [0.15, 0.2) is 24.4 Å². The molecule has 0 aliphatic carbocycles. The van der Waals surface area contributed by atoms with Crippen LogP contribution in [0.5, 0.6) is 11.5 Å². The molecule has 0 aliphatic rings. The Morgan fingerprint density at radius 2 is 2.10 bits per heavy atom. The van der Waals surface area contributed by atoms with Gasteiger partial charge in [0.1, 0.15) is 11.5 Å². The zero-order valence-corrected chi connectivity index (χ0v) is 13.8. The first-order chi connectivity index (χ1) is 10.1. The maximum Gasteiger partial charge on any atom is 0.127 e. The molecule has 114 valence electrons. The van der Waals surface area contributed by atoms with Gasteiger partial charge < -0.3 is 14.8 Å². The Kier molecular flexibility index (Phi) is 5.59. The predicted octanol–water partition coefficient (Wildman–Crippen LogP) is 3.36. The lowest BCUT2D eigenvalue weighted by Gasteiger charge is -2.17. The maximum absolute atomic E-state index is 5.45. The molecule has 2 rings (SSSR count). The Morgan fingerprint density at radius 1 is 1.29 bits per heavy atom. The van der Waals surface area contributed by atoms with Crippen molar-refractivity contribution < 1.29 is 9.47 Å². The van der Waals surface area contributed by atoms with E-state index in [4.69, 9.17) is 9.47 Å². The van der Waals surface area contributed by atoms with E-state index in [0.717, 1.165) is 30.0 Å². The van der Waals surface area contributed by atoms with Crippen LogP contribution in [0.3, 0.4) is 0 Å². The normalized spacial score (nSPS) is 12.2. The predicted molar refractivity (Wildman–Crippen MR) is 86.5 cm³/mol. The summed E-state index contributed by atoms with van der Waals surface area (Å²) in [6.45, 7) is 5.11. The zero-order valence-electron chi connectivity index (χ0n) is 13.0. The van der Waals surface area contributed by atoms with Crippen molar-refractivity contribution in [2.24, 2.45) is 0 Å². The Balaban J connectivity index is 1.94. The van der Waals surface area contributed by atoms with E-state index in [0.29, 0.717) is 0 Å². The van der Waals surface area contributed by atoms with Crippen molar-refractivity contribution in [3.63, 3.8) is 0 Å². The minimum atomic E-state index is 0.215. The van der Waals surface area contributed by atoms with E-state index in [9.17, 15) is 0 Å². The summed E-state index contributed by atoms with van der Waals surface area (Å²) in [6.07, 6.45) is 2.87. The van der Waals surface area contributed by atoms with Crippen LogP contribution in [0.25, 0.3) is 0 Å². The summed E-state index contributed by atoms with van der Waals surface area (Å²) < 4.78 is 10.7. The molecule has 5 heteroatoms. The lowest BCUT2D eigenvalue weighted by atomic mass is 10.1. The first-order valence-electron chi connectivity index (χ1n) is 7.00. The monoisotopic (exact) mass is 306 g/mol. The van der Waals surface area contributed by atoms with Gasteiger partial charge in [0.05, 0.1) is 19.2 Å². The number of methoxy groups -OCH3 is 2. The van der Waals surface area contributed by atoms with Gasteiger partial charge in [-0.25, -0.2) is 4.98 Å². The van der Waals surface area contributed by atoms with Gasteiger partial charge in [0.25, 0.3) is 0 Å². The quantitative estimate of drug-likeness (QED) is 0.852. The van der Waals surface area contributed by atoms with Crippen LogP contribution < -0.4 is 14.8 Å². The van der Waals surface area contributed by atoms with E-state index in [1.807, 2.05) is 24.4 Å². The minimum absolute atomic E-state index is 0.215. The number of ether oxygens (including phenoxy) is 2. The van der Waals surface area contributed by atoms with Crippen molar-refractivity contribution in [2.75, 3.05) is 20.8 Å². The van der Waals surface area contributed by atoms with Crippen LogP contribution in [0.4, 0.5) is 0 Å². The molecule has 1 aromatic carbocycles. The van der Waals surface area contributed by atoms with E-state index in [1.165, 1.54) is 9.88 Å². The van der Waals surface area contributed by atoms with Gasteiger partial charge in [-0.3, -0.25) is 0 Å². The fourth-order valence-electron chi connectivity index (χ4n) is 2.20. The summed E-state index contributed by atoms with van der Waals surface area (Å²) in [5, 5.41) is 4.69. The molecular formula is C16H22N2O2S. The molecule has 2 aromatic rings. The molecule has 0 aliphatic heterocycles. The number of benzene rings is 1. The third kappa shape index (κ3) is 4.19. The fourth-order valence-corrected chi connectivity index (χ4v) is 2.99. The van der Waals surface area contributed by atoms with Gasteiger partial charge in [-0.15, -0.1) is 11.3 Å². The maximum atomic E-state index is 5.45. The molecule has 0 fully saturated rings. The average Bonchev–Trinajstić information content (AvgIpc) is 2.91. The number of nitrogens with one attached hydrogen (secondary N) is 1. The van der Waals surface area contributed by atoms with Crippen molar-refractivity contribution in [3.05, 3.63) is 39.8 Å². The molecule has 4 nitrogen and oxygen atoms in total. The van der Waals surface area contributed by atoms with Gasteiger partial charge in [0.15, 0.2) is 0 Å². The van der Waals surface area contributed by atoms with Crippen LogP contribution in [0, 0.1) is 6.92 Å². The van der Waals surface area contributed by atoms with E-state index in [1.54, 1.807) is 25.6 Å². The van der Waals surface area contributed by atoms with Gasteiger partial charge in [0.2, 0.25) is 0 Å². The van der Waals surface area contributed by atoms with Gasteiger partial charge in [-0.1, -0.05) is 6.07 Å². The highest BCUT2D eigenvalue weighted by atomic mass is 32.1. The topological polar surface area (TPSA) is 43.4 Å². The average molecular weight is 306 g/mol. The summed E-state index contributed by atoms with van der Waals surface area (Å²) in [5.41, 5.74) is 1.13. The third-order valence-corrected chi connectivity index (χ3v) is 4.34. The summed E-state index contributed by atoms with van der Waals surface area (Å²) in [5.74, 6) is 1.65. The molecular weight excluding hydrogens is 284 g/mol. The molecule has 0 saturated heterocycles. The second-order valence-electron chi connectivity index (χ2n) is 4.90. The second-order valence-corrected chi connectivity index (χ2v) is 6.22. The number of nitrogens with zero attached hydrogens (tertiary/aromatic N) is 1. The Morgan fingerprint density at radius 3 is 2.71 bits per heavy atom. The van der Waals surface area contributed by atoms with Crippen molar-refractivity contribution >= 4 is 11.3 Å². The zero-order chi connectivity index (χ0) is 15.2. The van der Waals surface area contributed by atoms with Crippen LogP contribution in [0.1, 0.15) is 28.4 Å². The number of rotatable bonds is 7. The lowest BCUT2D eigenvalue weighted by molar-refractivity contribution is 0.386. The van der Waals surface area contributed by atoms with Crippen LogP contribution in [0.2, 0.25) is 0 Å². The smallest absolute Gasteiger partial charge is 0.127 e. The van der Waals surface area contributed by atoms with Crippen LogP contribution in [-0.4, -0.2) is 25.7 Å². The molecule has 0 radical (unpaired) electrons. The molecule has 1 heterocycles. The van der Waals surface area contributed by atoms with Gasteiger partial charge >= 0.3 is 0 Å². The molecule has 0 bridgehead atoms. The van der Waals surface area contributed by atoms with Gasteiger partial charge in [-0.2, -0.15) is 0 Å². The number of hydrogen-bond donors (Lipinski definition) is 1. The van der Waals surface area contributed by atoms with E-state index >= 15 is 0 Å². The van der Waals surface area contributed by atoms with Crippen molar-refractivity contribution in [3.8, 4) is 11.5 Å². The molecule has 1 aromatic heterocycles. The number of hydrogen-bond acceptors (Lipinski definition) is 5. The third-order valence-electron chi connectivity index (χ3n) is 3.37. The van der Waals surface area contributed by atoms with E-state index < -0.39 is 0 Å². The summed E-state index contributed by atoms with van der Waals surface area (Å²) in [7, 11) is 3.34. The Bertz CT molecular complexity index is 583. The van der Waals surface area contributed by atoms with Crippen LogP contribution >= 0.6 is 11.3 Å². The summed E-state index contributed by atoms with van der Waals surface area (Å²) >= 11 is 1.76. The van der Waals surface area contributed by atoms with Crippen molar-refractivity contribution in [1.82, 2.24) is 10.3 Å². The minimum Gasteiger partial charge on any atom is -0.497 e. The second kappa shape index (κ2) is 7.43. The highest BCUT2D eigenvalue weighted by Crippen LogP contribution is 2.29. The van der Waals surface area contributed by atoms with Crippen molar-refractivity contribution in [2.45, 2.75) is 26.3 Å². The van der Waals surface area contributed by atoms with Crippen molar-refractivity contribution in [1.29, 1.82) is 0 Å². The number of thiazole rings is 1. The Hall–Kier alpha value is -1.59. The van der Waals surface area contributed by atoms with Crippen LogP contribution in [-0.2, 0) is 6.42 Å². The molecule has 0 amide bonds. The highest BCUT2D eigenvalue weighted by molar-refractivity contribution is 7.11. The fraction of sp³-hybridized carbons (Fsp3) is 0.438. The Labute approximate surface area is 130 Å². The molecule has 1 atom stereocenters. The molecule has 0 spiro atoms. The standard InChI is InChI=1S/C16H22N2O2S/c1-11-10-18-16(21-11)7-8-17-12(2)14-6-5-13(19-3)9-15(14)20-4/h5-6,9-10,12,17H,7-8H2,1-4H3/t12-/m1/s1. The SMILES string of the molecule is COc1ccc([C@@H](C)NCCc2ncc(C)s2)c(OC)c1. The lowest BCUT2D eigenvalue weighted by Crippen LogP contribution is -2.21. The summed E-state index contributed by atoms with van der Waals surface area (Å²) in [6, 6.07) is 6.13. The number of aromatic nitrogens is 1. The van der Waals surface area contributed by atoms with E-state index in [2.05, 4.69) is 24.1 Å². The van der Waals surface area contributed by atoms with Gasteiger partial charge in [0, 0.05) is 41.7 Å². The highest BCUT2D eigenvalue weighted by Gasteiger charge is 2.12.